The maximum absolute atomic E-state index is 12.3. The number of amides is 1. The van der Waals surface area contributed by atoms with Gasteiger partial charge >= 0.3 is 0 Å². The molecule has 0 saturated carbocycles. The Morgan fingerprint density at radius 1 is 1.35 bits per heavy atom. The van der Waals surface area contributed by atoms with Crippen LogP contribution < -0.4 is 0 Å². The number of morpholine rings is 1. The van der Waals surface area contributed by atoms with Gasteiger partial charge in [-0.25, -0.2) is 0 Å². The Balaban J connectivity index is 1.56. The van der Waals surface area contributed by atoms with Crippen LogP contribution in [0.3, 0.4) is 0 Å². The number of carbonyl (C=O) groups is 1. The summed E-state index contributed by atoms with van der Waals surface area (Å²) in [7, 11) is 0. The molecule has 0 radical (unpaired) electrons. The van der Waals surface area contributed by atoms with Gasteiger partial charge < -0.3 is 14.1 Å². The summed E-state index contributed by atoms with van der Waals surface area (Å²) in [6.45, 7) is 5.19. The SMILES string of the molecule is C[C@H]1CN(C(=O)CSc2nnc(-c3cccnc3)o2)C[C@H](C)O1. The Bertz CT molecular complexity index is 654. The van der Waals surface area contributed by atoms with Crippen LogP contribution in [0.15, 0.2) is 34.2 Å². The van der Waals surface area contributed by atoms with E-state index in [4.69, 9.17) is 9.15 Å². The molecule has 0 N–H and O–H groups in total. The molecule has 1 fully saturated rings. The molecule has 2 aromatic rings. The summed E-state index contributed by atoms with van der Waals surface area (Å²) in [5.41, 5.74) is 0.758. The van der Waals surface area contributed by atoms with Crippen molar-refractivity contribution in [3.63, 3.8) is 0 Å². The molecule has 122 valence electrons. The summed E-state index contributed by atoms with van der Waals surface area (Å²) in [4.78, 5) is 18.1. The highest BCUT2D eigenvalue weighted by molar-refractivity contribution is 7.99. The normalized spacial score (nSPS) is 21.4. The molecular formula is C15H18N4O3S. The first-order valence-corrected chi connectivity index (χ1v) is 8.40. The molecule has 3 heterocycles. The zero-order valence-corrected chi connectivity index (χ0v) is 13.8. The van der Waals surface area contributed by atoms with Gasteiger partial charge in [0.25, 0.3) is 5.22 Å². The minimum absolute atomic E-state index is 0.0538. The zero-order chi connectivity index (χ0) is 16.2. The van der Waals surface area contributed by atoms with Crippen molar-refractivity contribution >= 4 is 17.7 Å². The van der Waals surface area contributed by atoms with Crippen LogP contribution in [0.2, 0.25) is 0 Å². The lowest BCUT2D eigenvalue weighted by Gasteiger charge is -2.35. The molecular weight excluding hydrogens is 316 g/mol. The van der Waals surface area contributed by atoms with Crippen LogP contribution in [0.5, 0.6) is 0 Å². The van der Waals surface area contributed by atoms with E-state index in [0.717, 1.165) is 5.56 Å². The summed E-state index contributed by atoms with van der Waals surface area (Å²) in [5.74, 6) is 0.730. The van der Waals surface area contributed by atoms with E-state index in [1.54, 1.807) is 18.5 Å². The van der Waals surface area contributed by atoms with Crippen molar-refractivity contribution in [3.8, 4) is 11.5 Å². The molecule has 0 aliphatic carbocycles. The molecule has 2 atom stereocenters. The van der Waals surface area contributed by atoms with Gasteiger partial charge in [-0.15, -0.1) is 10.2 Å². The number of hydrogen-bond acceptors (Lipinski definition) is 7. The van der Waals surface area contributed by atoms with E-state index in [2.05, 4.69) is 15.2 Å². The van der Waals surface area contributed by atoms with E-state index in [-0.39, 0.29) is 23.9 Å². The highest BCUT2D eigenvalue weighted by Gasteiger charge is 2.26. The van der Waals surface area contributed by atoms with Crippen molar-refractivity contribution in [3.05, 3.63) is 24.5 Å². The number of nitrogens with zero attached hydrogens (tertiary/aromatic N) is 4. The molecule has 1 aliphatic rings. The first-order valence-electron chi connectivity index (χ1n) is 7.42. The van der Waals surface area contributed by atoms with Gasteiger partial charge in [0.1, 0.15) is 0 Å². The minimum atomic E-state index is 0.0538. The maximum atomic E-state index is 12.3. The largest absolute Gasteiger partial charge is 0.411 e. The first kappa shape index (κ1) is 15.9. The fraction of sp³-hybridized carbons (Fsp3) is 0.467. The van der Waals surface area contributed by atoms with Gasteiger partial charge in [0, 0.05) is 25.5 Å². The van der Waals surface area contributed by atoms with Gasteiger partial charge in [0.15, 0.2) is 0 Å². The van der Waals surface area contributed by atoms with E-state index in [9.17, 15) is 4.79 Å². The van der Waals surface area contributed by atoms with Gasteiger partial charge in [-0.2, -0.15) is 0 Å². The molecule has 1 amide bonds. The Morgan fingerprint density at radius 2 is 2.13 bits per heavy atom. The predicted octanol–water partition coefficient (Wildman–Crippen LogP) is 1.86. The maximum Gasteiger partial charge on any atom is 0.277 e. The van der Waals surface area contributed by atoms with E-state index in [1.807, 2.05) is 24.8 Å². The number of hydrogen-bond donors (Lipinski definition) is 0. The van der Waals surface area contributed by atoms with Crippen LogP contribution in [0, 0.1) is 0 Å². The topological polar surface area (TPSA) is 81.4 Å². The first-order chi connectivity index (χ1) is 11.1. The molecule has 0 bridgehead atoms. The number of rotatable bonds is 4. The van der Waals surface area contributed by atoms with Gasteiger partial charge in [0.05, 0.1) is 23.5 Å². The third kappa shape index (κ3) is 4.08. The summed E-state index contributed by atoms with van der Waals surface area (Å²) in [6, 6.07) is 3.65. The molecule has 0 unspecified atom stereocenters. The molecule has 0 spiro atoms. The van der Waals surface area contributed by atoms with Crippen molar-refractivity contribution in [1.29, 1.82) is 0 Å². The second-order valence-corrected chi connectivity index (χ2v) is 6.39. The Kier molecular flexibility index (Phi) is 4.92. The quantitative estimate of drug-likeness (QED) is 0.789. The van der Waals surface area contributed by atoms with Crippen LogP contribution in [0.25, 0.3) is 11.5 Å². The third-order valence-electron chi connectivity index (χ3n) is 3.41. The Hall–Kier alpha value is -1.93. The van der Waals surface area contributed by atoms with Crippen LogP contribution in [-0.2, 0) is 9.53 Å². The Morgan fingerprint density at radius 3 is 2.83 bits per heavy atom. The van der Waals surface area contributed by atoms with Gasteiger partial charge in [0.2, 0.25) is 11.8 Å². The molecule has 0 aromatic carbocycles. The molecule has 8 heteroatoms. The van der Waals surface area contributed by atoms with Gasteiger partial charge in [-0.3, -0.25) is 9.78 Å². The fourth-order valence-corrected chi connectivity index (χ4v) is 3.14. The summed E-state index contributed by atoms with van der Waals surface area (Å²) < 4.78 is 11.2. The number of ether oxygens (including phenoxy) is 1. The lowest BCUT2D eigenvalue weighted by atomic mass is 10.2. The van der Waals surface area contributed by atoms with Crippen molar-refractivity contribution in [2.45, 2.75) is 31.3 Å². The number of thioether (sulfide) groups is 1. The Labute approximate surface area is 138 Å². The van der Waals surface area contributed by atoms with Crippen LogP contribution >= 0.6 is 11.8 Å². The van der Waals surface area contributed by atoms with Crippen LogP contribution in [0.4, 0.5) is 0 Å². The van der Waals surface area contributed by atoms with Crippen molar-refractivity contribution < 1.29 is 13.9 Å². The standard InChI is InChI=1S/C15H18N4O3S/c1-10-7-19(8-11(2)21-10)13(20)9-23-15-18-17-14(22-15)12-4-3-5-16-6-12/h3-6,10-11H,7-9H2,1-2H3/t10-,11-/m0/s1. The second-order valence-electron chi connectivity index (χ2n) is 5.46. The van der Waals surface area contributed by atoms with Crippen molar-refractivity contribution in [2.75, 3.05) is 18.8 Å². The van der Waals surface area contributed by atoms with E-state index < -0.39 is 0 Å². The molecule has 1 aliphatic heterocycles. The van der Waals surface area contributed by atoms with Gasteiger partial charge in [-0.1, -0.05) is 11.8 Å². The highest BCUT2D eigenvalue weighted by Crippen LogP contribution is 2.23. The molecule has 3 rings (SSSR count). The summed E-state index contributed by atoms with van der Waals surface area (Å²) >= 11 is 1.25. The number of pyridine rings is 1. The van der Waals surface area contributed by atoms with Crippen molar-refractivity contribution in [1.82, 2.24) is 20.1 Å². The van der Waals surface area contributed by atoms with E-state index in [1.165, 1.54) is 11.8 Å². The van der Waals surface area contributed by atoms with Gasteiger partial charge in [-0.05, 0) is 26.0 Å². The fourth-order valence-electron chi connectivity index (χ4n) is 2.47. The van der Waals surface area contributed by atoms with Crippen LogP contribution in [-0.4, -0.2) is 57.0 Å². The third-order valence-corrected chi connectivity index (χ3v) is 4.21. The minimum Gasteiger partial charge on any atom is -0.411 e. The summed E-state index contributed by atoms with van der Waals surface area (Å²) in [5, 5.41) is 8.32. The molecule has 7 nitrogen and oxygen atoms in total. The average molecular weight is 334 g/mol. The molecule has 23 heavy (non-hydrogen) atoms. The number of aromatic nitrogens is 3. The number of carbonyl (C=O) groups excluding carboxylic acids is 1. The van der Waals surface area contributed by atoms with Crippen molar-refractivity contribution in [2.24, 2.45) is 0 Å². The zero-order valence-electron chi connectivity index (χ0n) is 13.0. The van der Waals surface area contributed by atoms with E-state index in [0.29, 0.717) is 24.2 Å². The molecule has 1 saturated heterocycles. The lowest BCUT2D eigenvalue weighted by Crippen LogP contribution is -2.48. The monoisotopic (exact) mass is 334 g/mol. The highest BCUT2D eigenvalue weighted by atomic mass is 32.2. The molecule has 2 aromatic heterocycles. The average Bonchev–Trinajstić information content (AvgIpc) is 3.01. The lowest BCUT2D eigenvalue weighted by molar-refractivity contribution is -0.140. The van der Waals surface area contributed by atoms with E-state index >= 15 is 0 Å². The smallest absolute Gasteiger partial charge is 0.277 e. The predicted molar refractivity (Wildman–Crippen MR) is 84.8 cm³/mol. The van der Waals surface area contributed by atoms with Crippen LogP contribution in [0.1, 0.15) is 13.8 Å². The summed E-state index contributed by atoms with van der Waals surface area (Å²) in [6.07, 6.45) is 3.46. The second kappa shape index (κ2) is 7.10.